The first-order valence-electron chi connectivity index (χ1n) is 5.67. The number of carbonyl (C=O) groups is 2. The first-order chi connectivity index (χ1) is 9.18. The summed E-state index contributed by atoms with van der Waals surface area (Å²) in [6, 6.07) is 13.1. The fourth-order valence-electron chi connectivity index (χ4n) is 1.52. The molecule has 0 aliphatic heterocycles. The lowest BCUT2D eigenvalue weighted by atomic mass is 10.1. The van der Waals surface area contributed by atoms with Gasteiger partial charge in [0.1, 0.15) is 5.69 Å². The van der Waals surface area contributed by atoms with Crippen molar-refractivity contribution in [3.05, 3.63) is 66.0 Å². The molecule has 0 unspecified atom stereocenters. The fraction of sp³-hybridized carbons (Fsp3) is 0.0714. The minimum absolute atomic E-state index is 0.141. The predicted octanol–water partition coefficient (Wildman–Crippen LogP) is 1.01. The summed E-state index contributed by atoms with van der Waals surface area (Å²) in [6.45, 7) is 0. The van der Waals surface area contributed by atoms with Crippen molar-refractivity contribution in [3.63, 3.8) is 0 Å². The van der Waals surface area contributed by atoms with Crippen LogP contribution >= 0.6 is 0 Å². The number of benzene rings is 1. The summed E-state index contributed by atoms with van der Waals surface area (Å²) in [6.07, 6.45) is -0.128. The second-order valence-corrected chi connectivity index (χ2v) is 3.82. The SMILES string of the molecule is O=C(N[C@@H](O)C(=O)c1ccccc1)c1ccccn1. The van der Waals surface area contributed by atoms with E-state index >= 15 is 0 Å². The zero-order valence-electron chi connectivity index (χ0n) is 9.98. The standard InChI is InChI=1S/C14H12N2O3/c17-12(10-6-2-1-3-7-10)14(19)16-13(18)11-8-4-5-9-15-11/h1-9,14,19H,(H,16,18)/t14-/m0/s1. The lowest BCUT2D eigenvalue weighted by molar-refractivity contribution is 0.0605. The van der Waals surface area contributed by atoms with Gasteiger partial charge in [-0.1, -0.05) is 36.4 Å². The third-order valence-corrected chi connectivity index (χ3v) is 2.47. The van der Waals surface area contributed by atoms with E-state index in [4.69, 9.17) is 0 Å². The molecule has 5 heteroatoms. The number of Topliss-reactive ketones (excluding diaryl/α,β-unsaturated/α-hetero) is 1. The summed E-state index contributed by atoms with van der Waals surface area (Å²) in [7, 11) is 0. The molecular formula is C14H12N2O3. The maximum Gasteiger partial charge on any atom is 0.272 e. The van der Waals surface area contributed by atoms with Crippen LogP contribution < -0.4 is 5.32 Å². The highest BCUT2D eigenvalue weighted by Crippen LogP contribution is 2.03. The molecule has 1 aromatic heterocycles. The van der Waals surface area contributed by atoms with Gasteiger partial charge in [0.05, 0.1) is 0 Å². The van der Waals surface area contributed by atoms with Crippen LogP contribution in [0.1, 0.15) is 20.8 Å². The molecule has 5 nitrogen and oxygen atoms in total. The van der Waals surface area contributed by atoms with Gasteiger partial charge in [-0.05, 0) is 12.1 Å². The number of pyridine rings is 1. The Balaban J connectivity index is 2.04. The topological polar surface area (TPSA) is 79.3 Å². The van der Waals surface area contributed by atoms with Crippen molar-refractivity contribution < 1.29 is 14.7 Å². The van der Waals surface area contributed by atoms with E-state index < -0.39 is 17.9 Å². The monoisotopic (exact) mass is 256 g/mol. The maximum atomic E-state index is 11.8. The smallest absolute Gasteiger partial charge is 0.272 e. The molecule has 2 N–H and O–H groups in total. The van der Waals surface area contributed by atoms with E-state index in [1.54, 1.807) is 42.5 Å². The van der Waals surface area contributed by atoms with Crippen LogP contribution in [-0.2, 0) is 0 Å². The number of ketones is 1. The molecule has 0 radical (unpaired) electrons. The number of amides is 1. The zero-order chi connectivity index (χ0) is 13.7. The molecule has 1 heterocycles. The van der Waals surface area contributed by atoms with Crippen molar-refractivity contribution in [3.8, 4) is 0 Å². The molecule has 0 bridgehead atoms. The second-order valence-electron chi connectivity index (χ2n) is 3.82. The predicted molar refractivity (Wildman–Crippen MR) is 68.5 cm³/mol. The van der Waals surface area contributed by atoms with E-state index in [0.29, 0.717) is 5.56 Å². The maximum absolute atomic E-state index is 11.8. The van der Waals surface area contributed by atoms with Crippen LogP contribution in [0.2, 0.25) is 0 Å². The highest BCUT2D eigenvalue weighted by molar-refractivity contribution is 6.02. The molecule has 0 aliphatic carbocycles. The number of aliphatic hydroxyl groups excluding tert-OH is 1. The van der Waals surface area contributed by atoms with Crippen LogP contribution in [0.4, 0.5) is 0 Å². The Hall–Kier alpha value is -2.53. The molecule has 0 fully saturated rings. The summed E-state index contributed by atoms with van der Waals surface area (Å²) in [4.78, 5) is 27.4. The minimum Gasteiger partial charge on any atom is -0.367 e. The number of hydrogen-bond donors (Lipinski definition) is 2. The summed E-state index contributed by atoms with van der Waals surface area (Å²) < 4.78 is 0. The second kappa shape index (κ2) is 5.88. The van der Waals surface area contributed by atoms with Gasteiger partial charge in [-0.2, -0.15) is 0 Å². The van der Waals surface area contributed by atoms with E-state index in [-0.39, 0.29) is 5.69 Å². The van der Waals surface area contributed by atoms with Crippen molar-refractivity contribution in [1.29, 1.82) is 0 Å². The quantitative estimate of drug-likeness (QED) is 0.632. The minimum atomic E-state index is -1.59. The van der Waals surface area contributed by atoms with Gasteiger partial charge in [0.2, 0.25) is 5.78 Å². The molecule has 2 rings (SSSR count). The lowest BCUT2D eigenvalue weighted by Crippen LogP contribution is -2.40. The van der Waals surface area contributed by atoms with Gasteiger partial charge >= 0.3 is 0 Å². The molecule has 19 heavy (non-hydrogen) atoms. The van der Waals surface area contributed by atoms with Crippen LogP contribution in [0.15, 0.2) is 54.7 Å². The van der Waals surface area contributed by atoms with Crippen LogP contribution in [0.25, 0.3) is 0 Å². The van der Waals surface area contributed by atoms with Crippen LogP contribution in [-0.4, -0.2) is 28.0 Å². The number of aromatic nitrogens is 1. The number of rotatable bonds is 4. The van der Waals surface area contributed by atoms with E-state index in [1.807, 2.05) is 0 Å². The zero-order valence-corrected chi connectivity index (χ0v) is 9.98. The van der Waals surface area contributed by atoms with E-state index in [2.05, 4.69) is 10.3 Å². The molecule has 1 aromatic carbocycles. The Bertz CT molecular complexity index is 570. The Labute approximate surface area is 109 Å². The van der Waals surface area contributed by atoms with Crippen molar-refractivity contribution in [2.45, 2.75) is 6.23 Å². The number of hydrogen-bond acceptors (Lipinski definition) is 4. The van der Waals surface area contributed by atoms with Crippen LogP contribution in [0.5, 0.6) is 0 Å². The van der Waals surface area contributed by atoms with Gasteiger partial charge in [0, 0.05) is 11.8 Å². The first-order valence-corrected chi connectivity index (χ1v) is 5.67. The van der Waals surface area contributed by atoms with Crippen LogP contribution in [0, 0.1) is 0 Å². The average molecular weight is 256 g/mol. The van der Waals surface area contributed by atoms with Gasteiger partial charge < -0.3 is 10.4 Å². The van der Waals surface area contributed by atoms with E-state index in [9.17, 15) is 14.7 Å². The summed E-state index contributed by atoms with van der Waals surface area (Å²) in [5.41, 5.74) is 0.471. The van der Waals surface area contributed by atoms with Gasteiger partial charge in [-0.3, -0.25) is 14.6 Å². The Morgan fingerprint density at radius 2 is 1.74 bits per heavy atom. The molecule has 0 spiro atoms. The van der Waals surface area contributed by atoms with Gasteiger partial charge in [0.25, 0.3) is 5.91 Å². The van der Waals surface area contributed by atoms with Crippen molar-refractivity contribution in [1.82, 2.24) is 10.3 Å². The summed E-state index contributed by atoms with van der Waals surface area (Å²) in [5, 5.41) is 11.9. The summed E-state index contributed by atoms with van der Waals surface area (Å²) in [5.74, 6) is -1.16. The molecule has 1 amide bonds. The fourth-order valence-corrected chi connectivity index (χ4v) is 1.52. The molecule has 0 saturated heterocycles. The van der Waals surface area contributed by atoms with Crippen LogP contribution in [0.3, 0.4) is 0 Å². The molecule has 2 aromatic rings. The molecule has 0 aliphatic rings. The van der Waals surface area contributed by atoms with Gasteiger partial charge in [-0.25, -0.2) is 0 Å². The Kier molecular flexibility index (Phi) is 4.00. The largest absolute Gasteiger partial charge is 0.367 e. The lowest BCUT2D eigenvalue weighted by Gasteiger charge is -2.11. The third kappa shape index (κ3) is 3.23. The third-order valence-electron chi connectivity index (χ3n) is 2.47. The van der Waals surface area contributed by atoms with Crippen molar-refractivity contribution in [2.75, 3.05) is 0 Å². The molecule has 0 saturated carbocycles. The van der Waals surface area contributed by atoms with Gasteiger partial charge in [0.15, 0.2) is 6.23 Å². The number of carbonyl (C=O) groups excluding carboxylic acids is 2. The molecule has 96 valence electrons. The van der Waals surface area contributed by atoms with E-state index in [1.165, 1.54) is 12.3 Å². The van der Waals surface area contributed by atoms with Crippen molar-refractivity contribution in [2.24, 2.45) is 0 Å². The first kappa shape index (κ1) is 12.9. The van der Waals surface area contributed by atoms with E-state index in [0.717, 1.165) is 0 Å². The van der Waals surface area contributed by atoms with Gasteiger partial charge in [-0.15, -0.1) is 0 Å². The summed E-state index contributed by atoms with van der Waals surface area (Å²) >= 11 is 0. The number of nitrogens with one attached hydrogen (secondary N) is 1. The Morgan fingerprint density at radius 1 is 1.05 bits per heavy atom. The highest BCUT2D eigenvalue weighted by Gasteiger charge is 2.20. The molecule has 1 atom stereocenters. The Morgan fingerprint density at radius 3 is 2.37 bits per heavy atom. The average Bonchev–Trinajstić information content (AvgIpc) is 2.48. The van der Waals surface area contributed by atoms with Crippen molar-refractivity contribution >= 4 is 11.7 Å². The normalized spacial score (nSPS) is 11.6. The molecular weight excluding hydrogens is 244 g/mol. The number of aliphatic hydroxyl groups is 1. The highest BCUT2D eigenvalue weighted by atomic mass is 16.3. The number of nitrogens with zero attached hydrogens (tertiary/aromatic N) is 1.